The van der Waals surface area contributed by atoms with Crippen molar-refractivity contribution in [2.45, 2.75) is 95.4 Å². The Kier molecular flexibility index (Phi) is 4.71. The molecule has 1 heterocycles. The van der Waals surface area contributed by atoms with Crippen molar-refractivity contribution in [1.29, 1.82) is 0 Å². The first-order valence-electron chi connectivity index (χ1n) is 10.5. The van der Waals surface area contributed by atoms with Gasteiger partial charge >= 0.3 is 0 Å². The summed E-state index contributed by atoms with van der Waals surface area (Å²) >= 11 is 0. The van der Waals surface area contributed by atoms with Crippen LogP contribution in [0.3, 0.4) is 0 Å². The third-order valence-corrected chi connectivity index (χ3v) is 6.59. The van der Waals surface area contributed by atoms with Crippen molar-refractivity contribution in [3.05, 3.63) is 11.8 Å². The summed E-state index contributed by atoms with van der Waals surface area (Å²) in [4.78, 5) is 16.9. The number of carbonyl (C=O) groups excluding carboxylic acids is 1. The lowest BCUT2D eigenvalue weighted by molar-refractivity contribution is -0.114. The van der Waals surface area contributed by atoms with Crippen LogP contribution in [0.2, 0.25) is 0 Å². The summed E-state index contributed by atoms with van der Waals surface area (Å²) in [6, 6.07) is 0.464. The number of nitrogens with zero attached hydrogens (tertiary/aromatic N) is 1. The van der Waals surface area contributed by atoms with E-state index < -0.39 is 11.8 Å². The zero-order chi connectivity index (χ0) is 20.2. The molecule has 0 aromatic carbocycles. The molecule has 156 valence electrons. The standard InChI is InChI=1S/C20H34N6O2/c1-18(2)7-6-13(10-15(18)27)23-17-14(16(21)28)11-22-20(25-17,24-12-4-5-12)26-19(3)8-9-19/h11-13,15,22,24,26-27H,4-10H2,1-3H3,(H2,21,28)(H,23,25)/t13-,15-,20?/m1/s1. The zero-order valence-electron chi connectivity index (χ0n) is 17.1. The summed E-state index contributed by atoms with van der Waals surface area (Å²) < 4.78 is 0. The Labute approximate surface area is 166 Å². The highest BCUT2D eigenvalue weighted by Gasteiger charge is 2.48. The molecule has 8 heteroatoms. The summed E-state index contributed by atoms with van der Waals surface area (Å²) in [5.74, 6) is -0.874. The SMILES string of the molecule is CC1(NC2(NC3CC3)N=C(N[C@@H]3CCC(C)(C)[C@H](O)C3)C(C(N)=O)=CN2)CC1. The number of aliphatic hydroxyl groups is 1. The lowest BCUT2D eigenvalue weighted by Gasteiger charge is -2.42. The summed E-state index contributed by atoms with van der Waals surface area (Å²) in [5, 5.41) is 24.3. The van der Waals surface area contributed by atoms with E-state index >= 15 is 0 Å². The first kappa shape index (κ1) is 19.7. The summed E-state index contributed by atoms with van der Waals surface area (Å²) in [6.45, 7) is 6.37. The van der Waals surface area contributed by atoms with E-state index in [0.29, 0.717) is 23.9 Å². The molecule has 1 aliphatic heterocycles. The van der Waals surface area contributed by atoms with Gasteiger partial charge in [-0.3, -0.25) is 15.4 Å². The van der Waals surface area contributed by atoms with Gasteiger partial charge in [-0.15, -0.1) is 0 Å². The van der Waals surface area contributed by atoms with Crippen LogP contribution < -0.4 is 27.0 Å². The van der Waals surface area contributed by atoms with Gasteiger partial charge < -0.3 is 21.5 Å². The van der Waals surface area contributed by atoms with Crippen molar-refractivity contribution in [1.82, 2.24) is 21.3 Å². The number of nitrogens with two attached hydrogens (primary N) is 1. The first-order valence-corrected chi connectivity index (χ1v) is 10.5. The van der Waals surface area contributed by atoms with E-state index in [2.05, 4.69) is 42.0 Å². The van der Waals surface area contributed by atoms with Gasteiger partial charge in [-0.25, -0.2) is 4.99 Å². The number of rotatable bonds is 6. The molecule has 8 nitrogen and oxygen atoms in total. The fourth-order valence-corrected chi connectivity index (χ4v) is 3.99. The van der Waals surface area contributed by atoms with E-state index in [1.165, 1.54) is 0 Å². The van der Waals surface area contributed by atoms with Crippen molar-refractivity contribution in [3.8, 4) is 0 Å². The number of amidine groups is 1. The Balaban J connectivity index is 1.56. The molecule has 4 aliphatic rings. The molecule has 0 aromatic heterocycles. The Bertz CT molecular complexity index is 709. The molecule has 1 unspecified atom stereocenters. The minimum atomic E-state index is -0.847. The normalized spacial score (nSPS) is 36.0. The molecule has 0 spiro atoms. The second-order valence-electron chi connectivity index (χ2n) is 9.96. The maximum Gasteiger partial charge on any atom is 0.253 e. The summed E-state index contributed by atoms with van der Waals surface area (Å²) in [5.41, 5.74) is 5.91. The molecule has 0 saturated heterocycles. The minimum absolute atomic E-state index is 0.0343. The predicted molar refractivity (Wildman–Crippen MR) is 108 cm³/mol. The molecule has 28 heavy (non-hydrogen) atoms. The fourth-order valence-electron chi connectivity index (χ4n) is 3.99. The third kappa shape index (κ3) is 4.18. The second-order valence-corrected chi connectivity index (χ2v) is 9.96. The van der Waals surface area contributed by atoms with Crippen LogP contribution in [0, 0.1) is 5.41 Å². The predicted octanol–water partition coefficient (Wildman–Crippen LogP) is 0.392. The first-order chi connectivity index (χ1) is 13.1. The Hall–Kier alpha value is -1.64. The Morgan fingerprint density at radius 2 is 1.93 bits per heavy atom. The van der Waals surface area contributed by atoms with Gasteiger partial charge in [0.05, 0.1) is 11.7 Å². The van der Waals surface area contributed by atoms with E-state index in [1.54, 1.807) is 6.20 Å². The minimum Gasteiger partial charge on any atom is -0.392 e. The van der Waals surface area contributed by atoms with E-state index in [-0.39, 0.29) is 23.1 Å². The smallest absolute Gasteiger partial charge is 0.253 e. The van der Waals surface area contributed by atoms with Crippen molar-refractivity contribution in [2.75, 3.05) is 0 Å². The van der Waals surface area contributed by atoms with Crippen LogP contribution in [0.4, 0.5) is 0 Å². The van der Waals surface area contributed by atoms with Crippen molar-refractivity contribution >= 4 is 11.7 Å². The van der Waals surface area contributed by atoms with Crippen molar-refractivity contribution in [3.63, 3.8) is 0 Å². The average Bonchev–Trinajstić information content (AvgIpc) is 3.51. The number of carbonyl (C=O) groups is 1. The highest BCUT2D eigenvalue weighted by molar-refractivity contribution is 6.20. The number of aliphatic imine (C=N–C) groups is 1. The maximum atomic E-state index is 12.0. The molecule has 1 amide bonds. The van der Waals surface area contributed by atoms with E-state index in [1.807, 2.05) is 0 Å². The van der Waals surface area contributed by atoms with Gasteiger partial charge in [0.15, 0.2) is 0 Å². The van der Waals surface area contributed by atoms with E-state index in [4.69, 9.17) is 10.7 Å². The van der Waals surface area contributed by atoms with E-state index in [0.717, 1.165) is 38.5 Å². The van der Waals surface area contributed by atoms with Crippen LogP contribution in [0.1, 0.15) is 65.7 Å². The van der Waals surface area contributed by atoms with Crippen molar-refractivity contribution < 1.29 is 9.90 Å². The molecule has 0 bridgehead atoms. The fraction of sp³-hybridized carbons (Fsp3) is 0.800. The molecule has 0 aromatic rings. The van der Waals surface area contributed by atoms with Gasteiger partial charge in [0.1, 0.15) is 5.84 Å². The molecule has 7 N–H and O–H groups in total. The van der Waals surface area contributed by atoms with Crippen LogP contribution in [0.15, 0.2) is 16.8 Å². The number of hydrogen-bond acceptors (Lipinski definition) is 7. The Morgan fingerprint density at radius 1 is 1.21 bits per heavy atom. The molecule has 4 rings (SSSR count). The van der Waals surface area contributed by atoms with Crippen LogP contribution in [0.5, 0.6) is 0 Å². The monoisotopic (exact) mass is 390 g/mol. The largest absolute Gasteiger partial charge is 0.392 e. The Morgan fingerprint density at radius 3 is 2.50 bits per heavy atom. The lowest BCUT2D eigenvalue weighted by Crippen LogP contribution is -2.69. The quantitative estimate of drug-likeness (QED) is 0.365. The van der Waals surface area contributed by atoms with Gasteiger partial charge in [0.2, 0.25) is 5.91 Å². The highest BCUT2D eigenvalue weighted by Crippen LogP contribution is 2.38. The zero-order valence-corrected chi connectivity index (χ0v) is 17.1. The molecular weight excluding hydrogens is 356 g/mol. The van der Waals surface area contributed by atoms with Gasteiger partial charge in [-0.05, 0) is 57.3 Å². The average molecular weight is 391 g/mol. The molecule has 3 atom stereocenters. The molecule has 3 aliphatic carbocycles. The van der Waals surface area contributed by atoms with Crippen LogP contribution in [0.25, 0.3) is 0 Å². The molecule has 3 fully saturated rings. The maximum absolute atomic E-state index is 12.0. The third-order valence-electron chi connectivity index (χ3n) is 6.59. The topological polar surface area (TPSA) is 124 Å². The summed E-state index contributed by atoms with van der Waals surface area (Å²) in [6.07, 6.45) is 8.15. The van der Waals surface area contributed by atoms with Crippen LogP contribution in [-0.2, 0) is 4.79 Å². The number of amides is 1. The van der Waals surface area contributed by atoms with Gasteiger partial charge in [-0.1, -0.05) is 13.8 Å². The number of hydrogen-bond donors (Lipinski definition) is 6. The number of aliphatic hydroxyl groups excluding tert-OH is 1. The molecular formula is C20H34N6O2. The van der Waals surface area contributed by atoms with Crippen molar-refractivity contribution in [2.24, 2.45) is 16.1 Å². The molecule has 3 saturated carbocycles. The van der Waals surface area contributed by atoms with Gasteiger partial charge in [0.25, 0.3) is 5.91 Å². The second kappa shape index (κ2) is 6.71. The van der Waals surface area contributed by atoms with Crippen LogP contribution in [-0.4, -0.2) is 46.5 Å². The highest BCUT2D eigenvalue weighted by atomic mass is 16.3. The summed E-state index contributed by atoms with van der Waals surface area (Å²) in [7, 11) is 0. The van der Waals surface area contributed by atoms with Crippen LogP contribution >= 0.6 is 0 Å². The van der Waals surface area contributed by atoms with E-state index in [9.17, 15) is 9.90 Å². The number of nitrogens with one attached hydrogen (secondary N) is 4. The van der Waals surface area contributed by atoms with Gasteiger partial charge in [0, 0.05) is 23.8 Å². The van der Waals surface area contributed by atoms with Gasteiger partial charge in [-0.2, -0.15) is 0 Å². The molecule has 0 radical (unpaired) electrons. The number of primary amides is 1. The lowest BCUT2D eigenvalue weighted by atomic mass is 9.73.